The van der Waals surface area contributed by atoms with Gasteiger partial charge in [-0.25, -0.2) is 0 Å². The van der Waals surface area contributed by atoms with E-state index in [0.29, 0.717) is 0 Å². The minimum absolute atomic E-state index is 0.746. The molecule has 0 aliphatic carbocycles. The third-order valence-electron chi connectivity index (χ3n) is 3.79. The van der Waals surface area contributed by atoms with Gasteiger partial charge in [0.15, 0.2) is 0 Å². The molecule has 0 bridgehead atoms. The lowest BCUT2D eigenvalue weighted by atomic mass is 9.90. The lowest BCUT2D eigenvalue weighted by Gasteiger charge is -2.21. The summed E-state index contributed by atoms with van der Waals surface area (Å²) in [5, 5.41) is 0. The van der Waals surface area contributed by atoms with Gasteiger partial charge in [-0.3, -0.25) is 0 Å². The van der Waals surface area contributed by atoms with Crippen molar-refractivity contribution >= 4 is 7.26 Å². The van der Waals surface area contributed by atoms with Gasteiger partial charge in [0.25, 0.3) is 0 Å². The van der Waals surface area contributed by atoms with E-state index in [9.17, 15) is 0 Å². The quantitative estimate of drug-likeness (QED) is 0.657. The van der Waals surface area contributed by atoms with Crippen LogP contribution in [0.5, 0.6) is 0 Å². The molecule has 0 spiro atoms. The van der Waals surface area contributed by atoms with Crippen LogP contribution in [0, 0.1) is 34.6 Å². The van der Waals surface area contributed by atoms with Crippen LogP contribution in [0.15, 0.2) is 0 Å². The lowest BCUT2D eigenvalue weighted by molar-refractivity contribution is 1.11. The second-order valence-corrected chi connectivity index (χ2v) is 10.9. The van der Waals surface area contributed by atoms with E-state index in [2.05, 4.69) is 54.6 Å². The molecule has 0 radical (unpaired) electrons. The zero-order chi connectivity index (χ0) is 12.7. The molecule has 0 aliphatic heterocycles. The summed E-state index contributed by atoms with van der Waals surface area (Å²) in [7, 11) is -0.746. The maximum atomic E-state index is 2.43. The molecule has 90 valence electrons. The maximum Gasteiger partial charge on any atom is 0.0840 e. The summed E-state index contributed by atoms with van der Waals surface area (Å²) >= 11 is 0. The summed E-state index contributed by atoms with van der Waals surface area (Å²) in [6, 6.07) is 0. The summed E-state index contributed by atoms with van der Waals surface area (Å²) in [4.78, 5) is 0. The van der Waals surface area contributed by atoms with Gasteiger partial charge >= 0.3 is 0 Å². The first-order valence-corrected chi connectivity index (χ1v) is 9.33. The van der Waals surface area contributed by atoms with Crippen LogP contribution in [0.4, 0.5) is 0 Å². The summed E-state index contributed by atoms with van der Waals surface area (Å²) < 4.78 is 0. The fraction of sp³-hybridized carbons (Fsp3) is 0.600. The van der Waals surface area contributed by atoms with Gasteiger partial charge in [-0.15, -0.1) is 0 Å². The number of rotatable bonds is 2. The highest BCUT2D eigenvalue weighted by molar-refractivity contribution is 7.73. The molecule has 0 N–H and O–H groups in total. The molecule has 16 heavy (non-hydrogen) atoms. The van der Waals surface area contributed by atoms with E-state index in [4.69, 9.17) is 0 Å². The number of hydrogen-bond donors (Lipinski definition) is 0. The minimum atomic E-state index is -0.746. The normalized spacial score (nSPS) is 12.0. The molecule has 0 saturated carbocycles. The SMILES string of the molecule is Cc1c(C)c(C)c(C[P+](C)(C)C)c(C)c1C. The third kappa shape index (κ3) is 2.66. The summed E-state index contributed by atoms with van der Waals surface area (Å²) in [6.45, 7) is 18.6. The smallest absolute Gasteiger partial charge is 0.0447 e. The van der Waals surface area contributed by atoms with Crippen molar-refractivity contribution < 1.29 is 0 Å². The predicted molar refractivity (Wildman–Crippen MR) is 78.5 cm³/mol. The molecule has 0 fully saturated rings. The second kappa shape index (κ2) is 4.49. The van der Waals surface area contributed by atoms with Crippen molar-refractivity contribution in [1.29, 1.82) is 0 Å². The third-order valence-corrected chi connectivity index (χ3v) is 5.05. The Hall–Kier alpha value is -0.350. The molecule has 1 heteroatoms. The Morgan fingerprint density at radius 3 is 1.25 bits per heavy atom. The van der Waals surface area contributed by atoms with Gasteiger partial charge in [0.05, 0.1) is 6.16 Å². The number of benzene rings is 1. The lowest BCUT2D eigenvalue weighted by Crippen LogP contribution is -2.04. The van der Waals surface area contributed by atoms with E-state index < -0.39 is 7.26 Å². The van der Waals surface area contributed by atoms with Gasteiger partial charge in [-0.05, 0) is 68.0 Å². The average Bonchev–Trinajstić information content (AvgIpc) is 2.17. The van der Waals surface area contributed by atoms with E-state index in [1.807, 2.05) is 0 Å². The van der Waals surface area contributed by atoms with Crippen molar-refractivity contribution in [2.24, 2.45) is 0 Å². The molecular weight excluding hydrogens is 211 g/mol. The minimum Gasteiger partial charge on any atom is -0.0447 e. The molecule has 0 atom stereocenters. The van der Waals surface area contributed by atoms with Gasteiger partial charge in [0.1, 0.15) is 0 Å². The van der Waals surface area contributed by atoms with Crippen LogP contribution in [-0.4, -0.2) is 20.0 Å². The van der Waals surface area contributed by atoms with Crippen LogP contribution >= 0.6 is 7.26 Å². The molecule has 0 unspecified atom stereocenters. The van der Waals surface area contributed by atoms with Crippen molar-refractivity contribution in [2.45, 2.75) is 40.8 Å². The first kappa shape index (κ1) is 13.7. The fourth-order valence-electron chi connectivity index (χ4n) is 2.29. The Bertz CT molecular complexity index is 379. The Morgan fingerprint density at radius 1 is 0.625 bits per heavy atom. The highest BCUT2D eigenvalue weighted by Crippen LogP contribution is 2.51. The first-order chi connectivity index (χ1) is 7.15. The largest absolute Gasteiger partial charge is 0.0840 e. The van der Waals surface area contributed by atoms with Crippen LogP contribution in [0.25, 0.3) is 0 Å². The van der Waals surface area contributed by atoms with Crippen LogP contribution in [0.1, 0.15) is 33.4 Å². The van der Waals surface area contributed by atoms with Crippen molar-refractivity contribution in [3.05, 3.63) is 33.4 Å². The van der Waals surface area contributed by atoms with E-state index in [-0.39, 0.29) is 0 Å². The van der Waals surface area contributed by atoms with Gasteiger partial charge in [-0.1, -0.05) is 0 Å². The van der Waals surface area contributed by atoms with Gasteiger partial charge in [0.2, 0.25) is 0 Å². The molecule has 0 nitrogen and oxygen atoms in total. The monoisotopic (exact) mass is 237 g/mol. The van der Waals surface area contributed by atoms with E-state index in [0.717, 1.165) is 0 Å². The topological polar surface area (TPSA) is 0 Å². The van der Waals surface area contributed by atoms with Crippen LogP contribution in [0.2, 0.25) is 0 Å². The predicted octanol–water partition coefficient (Wildman–Crippen LogP) is 4.64. The van der Waals surface area contributed by atoms with Gasteiger partial charge in [0, 0.05) is 27.3 Å². The van der Waals surface area contributed by atoms with Crippen LogP contribution in [-0.2, 0) is 6.16 Å². The zero-order valence-electron chi connectivity index (χ0n) is 12.2. The maximum absolute atomic E-state index is 2.43. The van der Waals surface area contributed by atoms with Crippen LogP contribution < -0.4 is 0 Å². The molecule has 0 heterocycles. The first-order valence-electron chi connectivity index (χ1n) is 6.01. The van der Waals surface area contributed by atoms with Gasteiger partial charge < -0.3 is 0 Å². The highest BCUT2D eigenvalue weighted by Gasteiger charge is 2.22. The molecule has 1 aromatic rings. The number of hydrogen-bond acceptors (Lipinski definition) is 0. The summed E-state index contributed by atoms with van der Waals surface area (Å²) in [6.07, 6.45) is 1.28. The molecule has 0 amide bonds. The molecule has 0 saturated heterocycles. The molecular formula is C15H26P+. The van der Waals surface area contributed by atoms with Gasteiger partial charge in [-0.2, -0.15) is 0 Å². The van der Waals surface area contributed by atoms with E-state index in [1.54, 1.807) is 5.56 Å². The molecule has 1 rings (SSSR count). The van der Waals surface area contributed by atoms with E-state index >= 15 is 0 Å². The molecule has 0 aliphatic rings. The Balaban J connectivity index is 3.40. The molecule has 1 aromatic carbocycles. The van der Waals surface area contributed by atoms with Crippen molar-refractivity contribution in [2.75, 3.05) is 20.0 Å². The van der Waals surface area contributed by atoms with Crippen molar-refractivity contribution in [3.63, 3.8) is 0 Å². The fourth-order valence-corrected chi connectivity index (χ4v) is 3.71. The highest BCUT2D eigenvalue weighted by atomic mass is 31.2. The van der Waals surface area contributed by atoms with Crippen molar-refractivity contribution in [1.82, 2.24) is 0 Å². The Labute approximate surface area is 102 Å². The summed E-state index contributed by atoms with van der Waals surface area (Å²) in [5.41, 5.74) is 9.12. The van der Waals surface area contributed by atoms with Crippen LogP contribution in [0.3, 0.4) is 0 Å². The Kier molecular flexibility index (Phi) is 3.85. The average molecular weight is 237 g/mol. The second-order valence-electron chi connectivity index (χ2n) is 6.05. The van der Waals surface area contributed by atoms with Crippen molar-refractivity contribution in [3.8, 4) is 0 Å². The Morgan fingerprint density at radius 2 is 0.938 bits per heavy atom. The summed E-state index contributed by atoms with van der Waals surface area (Å²) in [5.74, 6) is 0. The molecule has 0 aromatic heterocycles. The van der Waals surface area contributed by atoms with E-state index in [1.165, 1.54) is 34.0 Å². The zero-order valence-corrected chi connectivity index (χ0v) is 13.0. The standard InChI is InChI=1S/C15H26P/c1-10-11(2)13(4)15(9-16(6,7)8)14(5)12(10)3/h9H2,1-8H3/q+1.